The van der Waals surface area contributed by atoms with Crippen LogP contribution in [0, 0.1) is 0 Å². The number of nitrogens with two attached hydrogens (primary N) is 1. The molecule has 0 unspecified atom stereocenters. The number of hydrogen-bond donors (Lipinski definition) is 1. The summed E-state index contributed by atoms with van der Waals surface area (Å²) in [5.74, 6) is -2.35. The van der Waals surface area contributed by atoms with Gasteiger partial charge < -0.3 is 20.3 Å². The van der Waals surface area contributed by atoms with Crippen molar-refractivity contribution in [2.24, 2.45) is 5.73 Å². The van der Waals surface area contributed by atoms with Gasteiger partial charge in [0.05, 0.1) is 15.5 Å². The molecule has 1 saturated heterocycles. The molecule has 0 bridgehead atoms. The molecular weight excluding hydrogens is 434 g/mol. The Labute approximate surface area is 207 Å². The Morgan fingerprint density at radius 3 is 2.29 bits per heavy atom. The number of carbonyl (C=O) groups is 3. The molecule has 0 aliphatic carbocycles. The molecule has 3 amide bonds. The van der Waals surface area contributed by atoms with Crippen LogP contribution in [0.25, 0.3) is 5.69 Å². The first-order valence-electron chi connectivity index (χ1n) is 14.3. The van der Waals surface area contributed by atoms with Crippen LogP contribution in [0.2, 0.25) is 0 Å². The highest BCUT2D eigenvalue weighted by molar-refractivity contribution is 6.09. The van der Waals surface area contributed by atoms with Crippen LogP contribution < -0.4 is 20.3 Å². The average Bonchev–Trinajstić information content (AvgIpc) is 3.33. The van der Waals surface area contributed by atoms with Crippen molar-refractivity contribution in [2.45, 2.75) is 25.5 Å². The van der Waals surface area contributed by atoms with E-state index < -0.39 is 73.3 Å². The van der Waals surface area contributed by atoms with Gasteiger partial charge in [-0.2, -0.15) is 5.10 Å². The summed E-state index contributed by atoms with van der Waals surface area (Å²) in [4.78, 5) is 40.6. The van der Waals surface area contributed by atoms with Gasteiger partial charge in [0.15, 0.2) is 5.69 Å². The van der Waals surface area contributed by atoms with Gasteiger partial charge in [-0.05, 0) is 67.6 Å². The van der Waals surface area contributed by atoms with Crippen molar-refractivity contribution in [3.05, 3.63) is 65.5 Å². The molecule has 34 heavy (non-hydrogen) atoms. The molecule has 0 radical (unpaired) electrons. The van der Waals surface area contributed by atoms with E-state index in [0.717, 1.165) is 9.58 Å². The fraction of sp³-hybridized carbons (Fsp3) is 0.280. The Morgan fingerprint density at radius 2 is 1.65 bits per heavy atom. The number of fused-ring (bicyclic) bond motifs is 1. The smallest absolute Gasteiger partial charge is 0.277 e. The number of methoxy groups -OCH3 is 1. The van der Waals surface area contributed by atoms with Crippen LogP contribution in [0.5, 0.6) is 5.75 Å². The summed E-state index contributed by atoms with van der Waals surface area (Å²) in [6.45, 7) is -3.62. The fourth-order valence-electron chi connectivity index (χ4n) is 3.74. The highest BCUT2D eigenvalue weighted by atomic mass is 16.5. The Kier molecular flexibility index (Phi) is 3.62. The lowest BCUT2D eigenvalue weighted by Gasteiger charge is -2.29. The number of amides is 3. The van der Waals surface area contributed by atoms with Gasteiger partial charge in [-0.15, -0.1) is 0 Å². The molecule has 1 fully saturated rings. The minimum absolute atomic E-state index is 0.103. The van der Waals surface area contributed by atoms with E-state index in [1.807, 2.05) is 0 Å². The lowest BCUT2D eigenvalue weighted by atomic mass is 10.0. The van der Waals surface area contributed by atoms with Crippen molar-refractivity contribution >= 4 is 29.1 Å². The molecule has 0 atom stereocenters. The zero-order chi connectivity index (χ0) is 31.0. The quantitative estimate of drug-likeness (QED) is 0.620. The van der Waals surface area contributed by atoms with Crippen LogP contribution in [0.15, 0.2) is 48.5 Å². The number of ether oxygens (including phenoxy) is 1. The summed E-state index contributed by atoms with van der Waals surface area (Å²) in [6, 6.07) is 11.3. The van der Waals surface area contributed by atoms with Gasteiger partial charge in [0.2, 0.25) is 5.91 Å². The van der Waals surface area contributed by atoms with Gasteiger partial charge >= 0.3 is 0 Å². The van der Waals surface area contributed by atoms with E-state index in [9.17, 15) is 14.4 Å². The van der Waals surface area contributed by atoms with E-state index in [0.29, 0.717) is 10.6 Å². The van der Waals surface area contributed by atoms with E-state index in [1.54, 1.807) is 12.1 Å². The van der Waals surface area contributed by atoms with Crippen LogP contribution >= 0.6 is 0 Å². The standard InChI is InChI=1S/C25H25N5O4/c1-34-19-11-9-18(10-12-19)30-23-20(22(27-30)24(26)32)13-15-29(25(23)33)17-7-5-16(6-8-17)28-14-3-2-4-21(28)31/h5-12H,2-4,13-15H2,1H3,(H2,26,32)/i2D2,3D2,13D2,15D2. The van der Waals surface area contributed by atoms with E-state index >= 15 is 0 Å². The SMILES string of the molecule is [2H]C1([2H])CC(=O)N(c2ccc(N3C(=O)c4c(c(C(N)=O)nn4-c4ccc(OC)cc4)C([2H])([2H])C3([2H])[2H])cc2)CC1([2H])[2H]. The minimum Gasteiger partial charge on any atom is -0.497 e. The molecule has 9 nitrogen and oxygen atoms in total. The molecule has 2 aliphatic heterocycles. The third-order valence-corrected chi connectivity index (χ3v) is 5.46. The third kappa shape index (κ3) is 3.68. The Bertz CT molecular complexity index is 1610. The molecule has 174 valence electrons. The van der Waals surface area contributed by atoms with Crippen molar-refractivity contribution in [1.82, 2.24) is 9.78 Å². The van der Waals surface area contributed by atoms with Gasteiger partial charge in [-0.3, -0.25) is 14.4 Å². The zero-order valence-electron chi connectivity index (χ0n) is 26.0. The molecule has 2 N–H and O–H groups in total. The maximum atomic E-state index is 14.0. The first kappa shape index (κ1) is 14.2. The van der Waals surface area contributed by atoms with E-state index in [-0.39, 0.29) is 17.1 Å². The maximum Gasteiger partial charge on any atom is 0.277 e. The molecule has 0 spiro atoms. The fourth-order valence-corrected chi connectivity index (χ4v) is 3.74. The molecule has 3 aromatic rings. The Morgan fingerprint density at radius 1 is 1.00 bits per heavy atom. The molecular formula is C25H25N5O4. The predicted octanol–water partition coefficient (Wildman–Crippen LogP) is 2.70. The number of carbonyl (C=O) groups excluding carboxylic acids is 3. The summed E-state index contributed by atoms with van der Waals surface area (Å²) in [5.41, 5.74) is 4.19. The van der Waals surface area contributed by atoms with Gasteiger partial charge in [-0.1, -0.05) is 0 Å². The molecule has 5 rings (SSSR count). The van der Waals surface area contributed by atoms with Crippen LogP contribution in [-0.2, 0) is 11.2 Å². The topological polar surface area (TPSA) is 111 Å². The lowest BCUT2D eigenvalue weighted by Crippen LogP contribution is -2.39. The molecule has 2 aliphatic rings. The molecule has 1 aromatic heterocycles. The second-order valence-electron chi connectivity index (χ2n) is 7.45. The predicted molar refractivity (Wildman–Crippen MR) is 127 cm³/mol. The Balaban J connectivity index is 1.61. The highest BCUT2D eigenvalue weighted by Crippen LogP contribution is 2.31. The van der Waals surface area contributed by atoms with E-state index in [4.69, 9.17) is 21.4 Å². The van der Waals surface area contributed by atoms with Crippen molar-refractivity contribution < 1.29 is 30.1 Å². The summed E-state index contributed by atoms with van der Waals surface area (Å²) < 4.78 is 72.9. The average molecular weight is 468 g/mol. The number of hydrogen-bond acceptors (Lipinski definition) is 5. The van der Waals surface area contributed by atoms with E-state index in [2.05, 4.69) is 5.10 Å². The normalized spacial score (nSPS) is 25.3. The highest BCUT2D eigenvalue weighted by Gasteiger charge is 2.34. The monoisotopic (exact) mass is 467 g/mol. The molecule has 3 heterocycles. The van der Waals surface area contributed by atoms with Crippen molar-refractivity contribution in [1.29, 1.82) is 0 Å². The molecule has 0 saturated carbocycles. The Hall–Kier alpha value is -4.14. The maximum absolute atomic E-state index is 14.0. The van der Waals surface area contributed by atoms with E-state index in [1.165, 1.54) is 43.5 Å². The largest absolute Gasteiger partial charge is 0.497 e. The first-order chi connectivity index (χ1) is 19.4. The van der Waals surface area contributed by atoms with Crippen molar-refractivity contribution in [3.63, 3.8) is 0 Å². The number of benzene rings is 2. The number of nitrogens with zero attached hydrogens (tertiary/aromatic N) is 4. The van der Waals surface area contributed by atoms with Crippen LogP contribution in [0.4, 0.5) is 11.4 Å². The second-order valence-corrected chi connectivity index (χ2v) is 7.45. The van der Waals surface area contributed by atoms with Gasteiger partial charge in [-0.25, -0.2) is 4.68 Å². The number of piperidine rings is 1. The summed E-state index contributed by atoms with van der Waals surface area (Å²) >= 11 is 0. The summed E-state index contributed by atoms with van der Waals surface area (Å²) in [6.07, 6.45) is -8.37. The lowest BCUT2D eigenvalue weighted by molar-refractivity contribution is -0.119. The zero-order valence-corrected chi connectivity index (χ0v) is 18.0. The van der Waals surface area contributed by atoms with Crippen molar-refractivity contribution in [3.8, 4) is 11.4 Å². The van der Waals surface area contributed by atoms with Crippen molar-refractivity contribution in [2.75, 3.05) is 30.0 Å². The minimum atomic E-state index is -3.05. The first-order valence-corrected chi connectivity index (χ1v) is 10.3. The second kappa shape index (κ2) is 8.66. The van der Waals surface area contributed by atoms with Crippen LogP contribution in [0.1, 0.15) is 56.7 Å². The third-order valence-electron chi connectivity index (χ3n) is 5.46. The van der Waals surface area contributed by atoms with Crippen LogP contribution in [0.3, 0.4) is 0 Å². The number of anilines is 2. The van der Waals surface area contributed by atoms with Gasteiger partial charge in [0, 0.05) is 44.6 Å². The number of aromatic nitrogens is 2. The van der Waals surface area contributed by atoms with Crippen LogP contribution in [-0.4, -0.2) is 47.7 Å². The molecule has 9 heteroatoms. The van der Waals surface area contributed by atoms with Gasteiger partial charge in [0.1, 0.15) is 11.4 Å². The number of primary amides is 1. The summed E-state index contributed by atoms with van der Waals surface area (Å²) in [5, 5.41) is 4.10. The molecule has 2 aromatic carbocycles. The van der Waals surface area contributed by atoms with Gasteiger partial charge in [0.25, 0.3) is 11.8 Å². The summed E-state index contributed by atoms with van der Waals surface area (Å²) in [7, 11) is 1.45. The number of rotatable bonds is 5.